The fourth-order valence-electron chi connectivity index (χ4n) is 4.10. The highest BCUT2D eigenvalue weighted by atomic mass is 32.1. The monoisotopic (exact) mass is 488 g/mol. The van der Waals surface area contributed by atoms with E-state index in [0.717, 1.165) is 16.2 Å². The molecule has 0 fully saturated rings. The number of ether oxygens (including phenoxy) is 2. The van der Waals surface area contributed by atoms with E-state index in [2.05, 4.69) is 15.5 Å². The number of anilines is 1. The van der Waals surface area contributed by atoms with Gasteiger partial charge in [0.25, 0.3) is 5.89 Å². The molecule has 35 heavy (non-hydrogen) atoms. The lowest BCUT2D eigenvalue weighted by molar-refractivity contribution is 0.244. The van der Waals surface area contributed by atoms with Crippen LogP contribution < -0.4 is 19.7 Å². The third kappa shape index (κ3) is 4.38. The maximum Gasteiger partial charge on any atom is 0.326 e. The Morgan fingerprint density at radius 3 is 2.66 bits per heavy atom. The Kier molecular flexibility index (Phi) is 6.24. The average Bonchev–Trinajstić information content (AvgIpc) is 3.57. The van der Waals surface area contributed by atoms with Crippen molar-refractivity contribution in [1.82, 2.24) is 15.5 Å². The molecular formula is C26H24N4O4S. The van der Waals surface area contributed by atoms with Gasteiger partial charge < -0.3 is 19.3 Å². The maximum absolute atomic E-state index is 13.4. The van der Waals surface area contributed by atoms with E-state index in [-0.39, 0.29) is 6.03 Å². The number of carbonyl (C=O) groups is 1. The normalized spacial score (nSPS) is 15.8. The van der Waals surface area contributed by atoms with Crippen molar-refractivity contribution in [2.75, 3.05) is 18.6 Å². The van der Waals surface area contributed by atoms with Crippen molar-refractivity contribution in [3.63, 3.8) is 0 Å². The lowest BCUT2D eigenvalue weighted by atomic mass is 9.94. The van der Waals surface area contributed by atoms with Gasteiger partial charge in [-0.25, -0.2) is 4.79 Å². The first-order valence-corrected chi connectivity index (χ1v) is 12.0. The second-order valence-electron chi connectivity index (χ2n) is 7.82. The zero-order valence-corrected chi connectivity index (χ0v) is 20.3. The number of methoxy groups -OCH3 is 1. The van der Waals surface area contributed by atoms with Gasteiger partial charge in [-0.1, -0.05) is 23.4 Å². The summed E-state index contributed by atoms with van der Waals surface area (Å²) in [6, 6.07) is 18.1. The molecule has 0 spiro atoms. The molecule has 1 atom stereocenters. The van der Waals surface area contributed by atoms with E-state index in [1.54, 1.807) is 12.0 Å². The lowest BCUT2D eigenvalue weighted by Crippen LogP contribution is -2.46. The van der Waals surface area contributed by atoms with Crippen molar-refractivity contribution < 1.29 is 18.8 Å². The Labute approximate surface area is 206 Å². The molecule has 2 aromatic heterocycles. The minimum atomic E-state index is -0.506. The zero-order chi connectivity index (χ0) is 24.4. The summed E-state index contributed by atoms with van der Waals surface area (Å²) in [6.45, 7) is 4.38. The number of urea groups is 1. The Morgan fingerprint density at radius 1 is 1.11 bits per heavy atom. The molecule has 1 N–H and O–H groups in total. The zero-order valence-electron chi connectivity index (χ0n) is 19.5. The van der Waals surface area contributed by atoms with Gasteiger partial charge in [0, 0.05) is 5.70 Å². The van der Waals surface area contributed by atoms with Gasteiger partial charge in [0.15, 0.2) is 0 Å². The summed E-state index contributed by atoms with van der Waals surface area (Å²) in [7, 11) is 1.61. The second kappa shape index (κ2) is 9.63. The van der Waals surface area contributed by atoms with Crippen molar-refractivity contribution in [2.24, 2.45) is 0 Å². The number of carbonyl (C=O) groups excluding carboxylic acids is 1. The molecule has 9 heteroatoms. The molecule has 1 aliphatic rings. The van der Waals surface area contributed by atoms with Crippen molar-refractivity contribution in [3.8, 4) is 22.2 Å². The maximum atomic E-state index is 13.4. The molecule has 0 aliphatic carbocycles. The quantitative estimate of drug-likeness (QED) is 0.348. The van der Waals surface area contributed by atoms with Crippen LogP contribution in [0.2, 0.25) is 0 Å². The molecule has 2 aromatic carbocycles. The van der Waals surface area contributed by atoms with E-state index >= 15 is 0 Å². The summed E-state index contributed by atoms with van der Waals surface area (Å²) < 4.78 is 16.7. The Bertz CT molecular complexity index is 1360. The molecule has 0 saturated carbocycles. The number of hydrogen-bond donors (Lipinski definition) is 1. The Balaban J connectivity index is 1.63. The van der Waals surface area contributed by atoms with E-state index in [0.29, 0.717) is 41.0 Å². The van der Waals surface area contributed by atoms with E-state index in [1.807, 2.05) is 79.9 Å². The van der Waals surface area contributed by atoms with Gasteiger partial charge in [0.1, 0.15) is 11.5 Å². The number of nitrogens with zero attached hydrogens (tertiary/aromatic N) is 3. The Morgan fingerprint density at radius 2 is 1.94 bits per heavy atom. The molecule has 3 heterocycles. The van der Waals surface area contributed by atoms with Crippen molar-refractivity contribution in [1.29, 1.82) is 0 Å². The second-order valence-corrected chi connectivity index (χ2v) is 8.77. The smallest absolute Gasteiger partial charge is 0.326 e. The number of thiophene rings is 1. The highest BCUT2D eigenvalue weighted by molar-refractivity contribution is 7.13. The van der Waals surface area contributed by atoms with Crippen LogP contribution in [0.4, 0.5) is 10.5 Å². The van der Waals surface area contributed by atoms with Crippen LogP contribution in [0.5, 0.6) is 11.5 Å². The number of amides is 2. The number of allylic oxidation sites excluding steroid dienone is 1. The van der Waals surface area contributed by atoms with Crippen LogP contribution in [0.15, 0.2) is 76.3 Å². The van der Waals surface area contributed by atoms with E-state index in [1.165, 1.54) is 11.3 Å². The van der Waals surface area contributed by atoms with E-state index in [4.69, 9.17) is 14.0 Å². The minimum Gasteiger partial charge on any atom is -0.497 e. The molecule has 5 rings (SSSR count). The van der Waals surface area contributed by atoms with Gasteiger partial charge in [0.2, 0.25) is 5.82 Å². The van der Waals surface area contributed by atoms with Crippen molar-refractivity contribution in [3.05, 3.63) is 83.2 Å². The topological polar surface area (TPSA) is 89.7 Å². The SMILES string of the molecule is CCOc1ccc(N2C(=O)NC(c3cccc(OC)c3)C(c3nc(-c4cccs4)no3)=C2C)cc1. The van der Waals surface area contributed by atoms with Gasteiger partial charge in [-0.2, -0.15) is 4.98 Å². The standard InChI is InChI=1S/C26H24N4O4S/c1-4-33-19-12-10-18(11-13-19)30-16(2)22(25-28-24(29-34-25)21-9-6-14-35-21)23(27-26(30)31)17-7-5-8-20(15-17)32-3/h5-15,23H,4H2,1-3H3,(H,27,31). The summed E-state index contributed by atoms with van der Waals surface area (Å²) in [5.41, 5.74) is 2.94. The fourth-order valence-corrected chi connectivity index (χ4v) is 4.75. The first-order chi connectivity index (χ1) is 17.1. The molecular weight excluding hydrogens is 464 g/mol. The van der Waals surface area contributed by atoms with E-state index in [9.17, 15) is 4.79 Å². The molecule has 0 bridgehead atoms. The Hall–Kier alpha value is -4.11. The van der Waals surface area contributed by atoms with Crippen LogP contribution in [0.1, 0.15) is 31.3 Å². The summed E-state index contributed by atoms with van der Waals surface area (Å²) in [4.78, 5) is 20.6. The van der Waals surface area contributed by atoms with Crippen molar-refractivity contribution in [2.45, 2.75) is 19.9 Å². The van der Waals surface area contributed by atoms with E-state index < -0.39 is 6.04 Å². The highest BCUT2D eigenvalue weighted by Crippen LogP contribution is 2.40. The first kappa shape index (κ1) is 22.7. The van der Waals surface area contributed by atoms with Gasteiger partial charge in [-0.05, 0) is 67.3 Å². The molecule has 2 amide bonds. The predicted octanol–water partition coefficient (Wildman–Crippen LogP) is 5.91. The van der Waals surface area contributed by atoms with Crippen LogP contribution in [-0.4, -0.2) is 29.9 Å². The largest absolute Gasteiger partial charge is 0.497 e. The summed E-state index contributed by atoms with van der Waals surface area (Å²) >= 11 is 1.53. The molecule has 8 nitrogen and oxygen atoms in total. The van der Waals surface area contributed by atoms with Gasteiger partial charge in [-0.3, -0.25) is 4.90 Å². The summed E-state index contributed by atoms with van der Waals surface area (Å²) in [5, 5.41) is 9.27. The summed E-state index contributed by atoms with van der Waals surface area (Å²) in [5.74, 6) is 2.27. The average molecular weight is 489 g/mol. The van der Waals surface area contributed by atoms with Crippen LogP contribution in [0.25, 0.3) is 16.3 Å². The van der Waals surface area contributed by atoms with Crippen LogP contribution in [0.3, 0.4) is 0 Å². The molecule has 4 aromatic rings. The molecule has 1 aliphatic heterocycles. The fraction of sp³-hybridized carbons (Fsp3) is 0.192. The molecule has 178 valence electrons. The number of nitrogens with one attached hydrogen (secondary N) is 1. The van der Waals surface area contributed by atoms with Crippen LogP contribution in [0, 0.1) is 0 Å². The lowest BCUT2D eigenvalue weighted by Gasteiger charge is -2.35. The highest BCUT2D eigenvalue weighted by Gasteiger charge is 2.36. The van der Waals surface area contributed by atoms with Gasteiger partial charge >= 0.3 is 6.03 Å². The van der Waals surface area contributed by atoms with Crippen LogP contribution >= 0.6 is 11.3 Å². The van der Waals surface area contributed by atoms with Crippen LogP contribution in [-0.2, 0) is 0 Å². The number of rotatable bonds is 7. The van der Waals surface area contributed by atoms with Gasteiger partial charge in [-0.15, -0.1) is 11.3 Å². The molecule has 0 radical (unpaired) electrons. The minimum absolute atomic E-state index is 0.263. The third-order valence-electron chi connectivity index (χ3n) is 5.72. The number of benzene rings is 2. The van der Waals surface area contributed by atoms with Gasteiger partial charge in [0.05, 0.1) is 35.9 Å². The number of hydrogen-bond acceptors (Lipinski definition) is 7. The third-order valence-corrected chi connectivity index (χ3v) is 6.58. The first-order valence-electron chi connectivity index (χ1n) is 11.1. The number of aromatic nitrogens is 2. The molecule has 1 unspecified atom stereocenters. The van der Waals surface area contributed by atoms with Crippen molar-refractivity contribution >= 4 is 28.6 Å². The molecule has 0 saturated heterocycles. The summed E-state index contributed by atoms with van der Waals surface area (Å²) in [6.07, 6.45) is 0. The predicted molar refractivity (Wildman–Crippen MR) is 135 cm³/mol.